The van der Waals surface area contributed by atoms with E-state index in [0.29, 0.717) is 18.8 Å². The molecule has 1 atom stereocenters. The number of nitrogens with zero attached hydrogens (tertiary/aromatic N) is 2. The summed E-state index contributed by atoms with van der Waals surface area (Å²) in [6.45, 7) is 1.12. The molecule has 1 saturated heterocycles. The number of nitrogens with one attached hydrogen (secondary N) is 2. The second kappa shape index (κ2) is 6.38. The van der Waals surface area contributed by atoms with Crippen molar-refractivity contribution in [3.8, 4) is 0 Å². The van der Waals surface area contributed by atoms with E-state index in [2.05, 4.69) is 15.3 Å². The van der Waals surface area contributed by atoms with E-state index in [0.717, 1.165) is 12.8 Å². The molecule has 1 aromatic rings. The lowest BCUT2D eigenvalue weighted by Crippen LogP contribution is -2.52. The summed E-state index contributed by atoms with van der Waals surface area (Å²) in [7, 11) is 0. The third kappa shape index (κ3) is 3.70. The number of urea groups is 1. The highest BCUT2D eigenvalue weighted by Crippen LogP contribution is 2.09. The first-order chi connectivity index (χ1) is 9.56. The molecule has 0 aromatic carbocycles. The maximum absolute atomic E-state index is 12.0. The molecule has 0 saturated carbocycles. The standard InChI is InChI=1S/C12H19N5O3/c13-8-1-3-17(4-2-8)12(20)16-10(11(18)19)5-9-6-14-7-15-9/h6-8,10H,1-5,13H2,(H,14,15)(H,16,20)(H,18,19). The number of likely N-dealkylation sites (tertiary alicyclic amines) is 1. The van der Waals surface area contributed by atoms with Gasteiger partial charge in [-0.2, -0.15) is 0 Å². The Bertz CT molecular complexity index is 454. The fraction of sp³-hybridized carbons (Fsp3) is 0.583. The van der Waals surface area contributed by atoms with E-state index in [1.54, 1.807) is 11.1 Å². The molecule has 5 N–H and O–H groups in total. The van der Waals surface area contributed by atoms with Gasteiger partial charge in [-0.25, -0.2) is 14.6 Å². The van der Waals surface area contributed by atoms with Crippen molar-refractivity contribution in [3.05, 3.63) is 18.2 Å². The van der Waals surface area contributed by atoms with E-state index in [4.69, 9.17) is 5.73 Å². The van der Waals surface area contributed by atoms with Crippen LogP contribution in [0, 0.1) is 0 Å². The number of carboxylic acids is 1. The molecule has 20 heavy (non-hydrogen) atoms. The number of aromatic amines is 1. The van der Waals surface area contributed by atoms with Crippen molar-refractivity contribution in [1.29, 1.82) is 0 Å². The van der Waals surface area contributed by atoms with Crippen molar-refractivity contribution in [2.75, 3.05) is 13.1 Å². The minimum Gasteiger partial charge on any atom is -0.480 e. The third-order valence-electron chi connectivity index (χ3n) is 3.40. The number of hydrogen-bond donors (Lipinski definition) is 4. The smallest absolute Gasteiger partial charge is 0.326 e. The largest absolute Gasteiger partial charge is 0.480 e. The molecule has 1 unspecified atom stereocenters. The van der Waals surface area contributed by atoms with Crippen LogP contribution in [0.1, 0.15) is 18.5 Å². The monoisotopic (exact) mass is 281 g/mol. The molecule has 2 amide bonds. The maximum Gasteiger partial charge on any atom is 0.326 e. The number of hydrogen-bond acceptors (Lipinski definition) is 4. The lowest BCUT2D eigenvalue weighted by Gasteiger charge is -2.31. The summed E-state index contributed by atoms with van der Waals surface area (Å²) in [6.07, 6.45) is 4.68. The van der Waals surface area contributed by atoms with E-state index in [9.17, 15) is 14.7 Å². The summed E-state index contributed by atoms with van der Waals surface area (Å²) in [5.41, 5.74) is 6.44. The van der Waals surface area contributed by atoms with Gasteiger partial charge in [0.05, 0.1) is 6.33 Å². The normalized spacial score (nSPS) is 17.8. The van der Waals surface area contributed by atoms with Crippen LogP contribution in [-0.2, 0) is 11.2 Å². The quantitative estimate of drug-likeness (QED) is 0.594. The van der Waals surface area contributed by atoms with Gasteiger partial charge in [0.1, 0.15) is 6.04 Å². The van der Waals surface area contributed by atoms with E-state index in [1.165, 1.54) is 6.33 Å². The highest BCUT2D eigenvalue weighted by molar-refractivity contribution is 5.82. The Kier molecular flexibility index (Phi) is 4.57. The van der Waals surface area contributed by atoms with Gasteiger partial charge in [0.2, 0.25) is 0 Å². The Labute approximate surface area is 116 Å². The van der Waals surface area contributed by atoms with E-state index in [1.807, 2.05) is 0 Å². The topological polar surface area (TPSA) is 124 Å². The Balaban J connectivity index is 1.90. The number of carbonyl (C=O) groups is 2. The molecule has 1 aliphatic rings. The van der Waals surface area contributed by atoms with Crippen molar-refractivity contribution in [1.82, 2.24) is 20.2 Å². The molecule has 1 aromatic heterocycles. The fourth-order valence-corrected chi connectivity index (χ4v) is 2.16. The molecule has 110 valence electrons. The number of piperidine rings is 1. The molecule has 0 radical (unpaired) electrons. The lowest BCUT2D eigenvalue weighted by atomic mass is 10.1. The van der Waals surface area contributed by atoms with Gasteiger partial charge in [0, 0.05) is 37.4 Å². The first kappa shape index (κ1) is 14.3. The molecule has 1 aliphatic heterocycles. The number of aromatic nitrogens is 2. The number of H-pyrrole nitrogens is 1. The second-order valence-electron chi connectivity index (χ2n) is 4.95. The van der Waals surface area contributed by atoms with E-state index in [-0.39, 0.29) is 18.5 Å². The molecular formula is C12H19N5O3. The van der Waals surface area contributed by atoms with Crippen molar-refractivity contribution in [2.45, 2.75) is 31.3 Å². The Morgan fingerprint density at radius 3 is 2.80 bits per heavy atom. The average molecular weight is 281 g/mol. The van der Waals surface area contributed by atoms with Gasteiger partial charge >= 0.3 is 12.0 Å². The van der Waals surface area contributed by atoms with Crippen LogP contribution in [0.15, 0.2) is 12.5 Å². The van der Waals surface area contributed by atoms with E-state index >= 15 is 0 Å². The zero-order valence-corrected chi connectivity index (χ0v) is 11.1. The SMILES string of the molecule is NC1CCN(C(=O)NC(Cc2cnc[nH]2)C(=O)O)CC1. The van der Waals surface area contributed by atoms with Gasteiger partial charge in [-0.1, -0.05) is 0 Å². The minimum absolute atomic E-state index is 0.124. The average Bonchev–Trinajstić information content (AvgIpc) is 2.91. The van der Waals surface area contributed by atoms with Crippen LogP contribution in [0.4, 0.5) is 4.79 Å². The second-order valence-corrected chi connectivity index (χ2v) is 4.95. The van der Waals surface area contributed by atoms with Crippen LogP contribution in [0.5, 0.6) is 0 Å². The van der Waals surface area contributed by atoms with Crippen molar-refractivity contribution in [2.24, 2.45) is 5.73 Å². The van der Waals surface area contributed by atoms with Crippen LogP contribution in [0.3, 0.4) is 0 Å². The van der Waals surface area contributed by atoms with Crippen molar-refractivity contribution < 1.29 is 14.7 Å². The summed E-state index contributed by atoms with van der Waals surface area (Å²) in [5, 5.41) is 11.7. The number of amides is 2. The summed E-state index contributed by atoms with van der Waals surface area (Å²) < 4.78 is 0. The zero-order chi connectivity index (χ0) is 14.5. The number of carbonyl (C=O) groups excluding carboxylic acids is 1. The molecule has 2 rings (SSSR count). The molecule has 8 nitrogen and oxygen atoms in total. The zero-order valence-electron chi connectivity index (χ0n) is 11.1. The first-order valence-electron chi connectivity index (χ1n) is 6.57. The first-order valence-corrected chi connectivity index (χ1v) is 6.57. The molecular weight excluding hydrogens is 262 g/mol. The third-order valence-corrected chi connectivity index (χ3v) is 3.40. The van der Waals surface area contributed by atoms with Gasteiger partial charge in [-0.3, -0.25) is 0 Å². The Hall–Kier alpha value is -2.09. The van der Waals surface area contributed by atoms with Gasteiger partial charge in [-0.05, 0) is 12.8 Å². The van der Waals surface area contributed by atoms with Gasteiger partial charge in [0.25, 0.3) is 0 Å². The highest BCUT2D eigenvalue weighted by Gasteiger charge is 2.26. The van der Waals surface area contributed by atoms with Crippen LogP contribution in [-0.4, -0.2) is 57.1 Å². The predicted molar refractivity (Wildman–Crippen MR) is 71.0 cm³/mol. The number of imidazole rings is 1. The maximum atomic E-state index is 12.0. The molecule has 1 fully saturated rings. The Morgan fingerprint density at radius 1 is 1.55 bits per heavy atom. The van der Waals surface area contributed by atoms with Crippen molar-refractivity contribution in [3.63, 3.8) is 0 Å². The molecule has 0 bridgehead atoms. The van der Waals surface area contributed by atoms with Crippen LogP contribution in [0.2, 0.25) is 0 Å². The fourth-order valence-electron chi connectivity index (χ4n) is 2.16. The molecule has 8 heteroatoms. The van der Waals surface area contributed by atoms with Crippen LogP contribution >= 0.6 is 0 Å². The van der Waals surface area contributed by atoms with Gasteiger partial charge in [-0.15, -0.1) is 0 Å². The number of rotatable bonds is 4. The predicted octanol–water partition coefficient (Wildman–Crippen LogP) is -0.462. The van der Waals surface area contributed by atoms with E-state index < -0.39 is 12.0 Å². The summed E-state index contributed by atoms with van der Waals surface area (Å²) >= 11 is 0. The minimum atomic E-state index is -1.07. The summed E-state index contributed by atoms with van der Waals surface area (Å²) in [6, 6.07) is -1.21. The summed E-state index contributed by atoms with van der Waals surface area (Å²) in [4.78, 5) is 31.5. The number of carboxylic acid groups (broad SMARTS) is 1. The lowest BCUT2D eigenvalue weighted by molar-refractivity contribution is -0.139. The molecule has 0 aliphatic carbocycles. The number of aliphatic carboxylic acids is 1. The summed E-state index contributed by atoms with van der Waals surface area (Å²) in [5.74, 6) is -1.07. The molecule has 0 spiro atoms. The van der Waals surface area contributed by atoms with Crippen LogP contribution in [0.25, 0.3) is 0 Å². The van der Waals surface area contributed by atoms with Gasteiger partial charge < -0.3 is 26.0 Å². The van der Waals surface area contributed by atoms with Crippen molar-refractivity contribution >= 4 is 12.0 Å². The van der Waals surface area contributed by atoms with Crippen LogP contribution < -0.4 is 11.1 Å². The Morgan fingerprint density at radius 2 is 2.25 bits per heavy atom. The number of nitrogens with two attached hydrogens (primary N) is 1. The van der Waals surface area contributed by atoms with Gasteiger partial charge in [0.15, 0.2) is 0 Å². The highest BCUT2D eigenvalue weighted by atomic mass is 16.4. The molecule has 2 heterocycles.